The van der Waals surface area contributed by atoms with Crippen molar-refractivity contribution in [2.75, 3.05) is 11.9 Å². The smallest absolute Gasteiger partial charge is 0.308 e. The molecule has 3 heterocycles. The Labute approximate surface area is 160 Å². The monoisotopic (exact) mass is 389 g/mol. The van der Waals surface area contributed by atoms with Gasteiger partial charge in [-0.3, -0.25) is 14.5 Å². The molecule has 6 nitrogen and oxygen atoms in total. The van der Waals surface area contributed by atoms with Crippen LogP contribution < -0.4 is 5.32 Å². The third-order valence-corrected chi connectivity index (χ3v) is 6.33. The maximum Gasteiger partial charge on any atom is 0.308 e. The van der Waals surface area contributed by atoms with Gasteiger partial charge in [0.25, 0.3) is 0 Å². The third kappa shape index (κ3) is 3.86. The van der Waals surface area contributed by atoms with E-state index in [1.165, 1.54) is 23.5 Å². The number of hydrogen-bond donors (Lipinski definition) is 2. The van der Waals surface area contributed by atoms with E-state index >= 15 is 0 Å². The number of carboxylic acid groups (broad SMARTS) is 1. The SMILES string of the molecule is O=C(CN1C2CCC1C(C(=O)O)C2)Nc1ncc(Cc2ccc(F)cc2)s1. The summed E-state index contributed by atoms with van der Waals surface area (Å²) in [5, 5.41) is 12.6. The van der Waals surface area contributed by atoms with Crippen LogP contribution in [-0.2, 0) is 16.0 Å². The molecule has 1 amide bonds. The van der Waals surface area contributed by atoms with Crippen LogP contribution in [0.2, 0.25) is 0 Å². The lowest BCUT2D eigenvalue weighted by Crippen LogP contribution is -2.38. The van der Waals surface area contributed by atoms with Crippen LogP contribution >= 0.6 is 11.3 Å². The van der Waals surface area contributed by atoms with Crippen molar-refractivity contribution in [3.05, 3.63) is 46.7 Å². The number of fused-ring (bicyclic) bond motifs is 2. The van der Waals surface area contributed by atoms with Crippen LogP contribution in [0.1, 0.15) is 29.7 Å². The Morgan fingerprint density at radius 2 is 2.07 bits per heavy atom. The molecule has 1 aromatic carbocycles. The minimum atomic E-state index is -0.766. The molecule has 8 heteroatoms. The van der Waals surface area contributed by atoms with Crippen molar-refractivity contribution < 1.29 is 19.1 Å². The molecule has 2 fully saturated rings. The van der Waals surface area contributed by atoms with Gasteiger partial charge in [0.15, 0.2) is 5.13 Å². The van der Waals surface area contributed by atoms with E-state index in [2.05, 4.69) is 10.3 Å². The summed E-state index contributed by atoms with van der Waals surface area (Å²) in [6, 6.07) is 6.46. The minimum Gasteiger partial charge on any atom is -0.481 e. The number of amides is 1. The highest BCUT2D eigenvalue weighted by atomic mass is 32.1. The second kappa shape index (κ2) is 7.36. The first-order valence-corrected chi connectivity index (χ1v) is 9.79. The van der Waals surface area contributed by atoms with Crippen LogP contribution in [0.25, 0.3) is 0 Å². The number of halogens is 1. The van der Waals surface area contributed by atoms with Crippen LogP contribution in [0.5, 0.6) is 0 Å². The van der Waals surface area contributed by atoms with Crippen molar-refractivity contribution >= 4 is 28.3 Å². The molecule has 0 aliphatic carbocycles. The van der Waals surface area contributed by atoms with Crippen molar-refractivity contribution in [1.29, 1.82) is 0 Å². The molecule has 0 saturated carbocycles. The predicted molar refractivity (Wildman–Crippen MR) is 99.2 cm³/mol. The van der Waals surface area contributed by atoms with Crippen molar-refractivity contribution in [1.82, 2.24) is 9.88 Å². The number of benzene rings is 1. The molecule has 2 aliphatic rings. The number of nitrogens with one attached hydrogen (secondary N) is 1. The lowest BCUT2D eigenvalue weighted by molar-refractivity contribution is -0.142. The van der Waals surface area contributed by atoms with E-state index in [1.807, 2.05) is 4.90 Å². The van der Waals surface area contributed by atoms with E-state index in [0.29, 0.717) is 18.0 Å². The average Bonchev–Trinajstić information content (AvgIpc) is 3.32. The van der Waals surface area contributed by atoms with Gasteiger partial charge in [0.2, 0.25) is 5.91 Å². The maximum atomic E-state index is 13.0. The molecule has 1 aromatic heterocycles. The second-order valence-corrected chi connectivity index (χ2v) is 8.25. The second-order valence-electron chi connectivity index (χ2n) is 7.13. The molecule has 2 saturated heterocycles. The van der Waals surface area contributed by atoms with Crippen LogP contribution in [-0.4, -0.2) is 45.5 Å². The van der Waals surface area contributed by atoms with Crippen LogP contribution in [0.3, 0.4) is 0 Å². The number of rotatable bonds is 6. The van der Waals surface area contributed by atoms with Gasteiger partial charge in [-0.05, 0) is 37.0 Å². The van der Waals surface area contributed by atoms with Gasteiger partial charge in [0.05, 0.1) is 12.5 Å². The summed E-state index contributed by atoms with van der Waals surface area (Å²) < 4.78 is 13.0. The van der Waals surface area contributed by atoms with E-state index < -0.39 is 5.97 Å². The Hall–Kier alpha value is -2.32. The van der Waals surface area contributed by atoms with Gasteiger partial charge < -0.3 is 10.4 Å². The predicted octanol–water partition coefficient (Wildman–Crippen LogP) is 2.75. The van der Waals surface area contributed by atoms with Gasteiger partial charge in [-0.25, -0.2) is 9.37 Å². The summed E-state index contributed by atoms with van der Waals surface area (Å²) in [5.41, 5.74) is 0.978. The van der Waals surface area contributed by atoms with E-state index in [0.717, 1.165) is 23.3 Å². The number of aromatic nitrogens is 1. The lowest BCUT2D eigenvalue weighted by Gasteiger charge is -2.21. The minimum absolute atomic E-state index is 0.0384. The van der Waals surface area contributed by atoms with E-state index in [4.69, 9.17) is 0 Å². The molecule has 0 spiro atoms. The van der Waals surface area contributed by atoms with Crippen molar-refractivity contribution in [2.45, 2.75) is 37.8 Å². The Morgan fingerprint density at radius 3 is 2.78 bits per heavy atom. The summed E-state index contributed by atoms with van der Waals surface area (Å²) in [5.74, 6) is -1.56. The first kappa shape index (κ1) is 18.1. The maximum absolute atomic E-state index is 13.0. The summed E-state index contributed by atoms with van der Waals surface area (Å²) in [6.45, 7) is 0.200. The quantitative estimate of drug-likeness (QED) is 0.794. The number of aliphatic carboxylic acids is 1. The van der Waals surface area contributed by atoms with Gasteiger partial charge in [0.1, 0.15) is 5.82 Å². The average molecular weight is 389 g/mol. The normalized spacial score (nSPS) is 24.3. The first-order chi connectivity index (χ1) is 13.0. The largest absolute Gasteiger partial charge is 0.481 e. The third-order valence-electron chi connectivity index (χ3n) is 5.42. The zero-order valence-corrected chi connectivity index (χ0v) is 15.4. The molecule has 142 valence electrons. The first-order valence-electron chi connectivity index (χ1n) is 8.97. The number of thiazole rings is 1. The molecular formula is C19H20FN3O3S. The van der Waals surface area contributed by atoms with Crippen LogP contribution in [0, 0.1) is 11.7 Å². The van der Waals surface area contributed by atoms with Gasteiger partial charge in [-0.15, -0.1) is 11.3 Å². The van der Waals surface area contributed by atoms with Crippen LogP contribution in [0.4, 0.5) is 9.52 Å². The van der Waals surface area contributed by atoms with Gasteiger partial charge >= 0.3 is 5.97 Å². The Kier molecular flexibility index (Phi) is 4.92. The van der Waals surface area contributed by atoms with Crippen LogP contribution in [0.15, 0.2) is 30.5 Å². The van der Waals surface area contributed by atoms with Gasteiger partial charge in [-0.1, -0.05) is 12.1 Å². The summed E-state index contributed by atoms with van der Waals surface area (Å²) in [4.78, 5) is 31.0. The highest BCUT2D eigenvalue weighted by Gasteiger charge is 2.49. The van der Waals surface area contributed by atoms with E-state index in [9.17, 15) is 19.1 Å². The molecule has 0 radical (unpaired) electrons. The van der Waals surface area contributed by atoms with Gasteiger partial charge in [0, 0.05) is 29.6 Å². The molecule has 27 heavy (non-hydrogen) atoms. The fourth-order valence-electron chi connectivity index (χ4n) is 4.19. The zero-order chi connectivity index (χ0) is 19.0. The molecule has 2 bridgehead atoms. The molecule has 2 aliphatic heterocycles. The number of carbonyl (C=O) groups is 2. The fraction of sp³-hybridized carbons (Fsp3) is 0.421. The Bertz CT molecular complexity index is 854. The highest BCUT2D eigenvalue weighted by molar-refractivity contribution is 7.15. The van der Waals surface area contributed by atoms with E-state index in [1.54, 1.807) is 18.3 Å². The number of carboxylic acids is 1. The van der Waals surface area contributed by atoms with Gasteiger partial charge in [-0.2, -0.15) is 0 Å². The Morgan fingerprint density at radius 1 is 1.30 bits per heavy atom. The molecule has 3 atom stereocenters. The molecule has 3 unspecified atom stereocenters. The van der Waals surface area contributed by atoms with E-state index in [-0.39, 0.29) is 36.3 Å². The number of anilines is 1. The topological polar surface area (TPSA) is 82.5 Å². The van der Waals surface area contributed by atoms with Crippen molar-refractivity contribution in [3.63, 3.8) is 0 Å². The summed E-state index contributed by atoms with van der Waals surface area (Å²) >= 11 is 1.39. The zero-order valence-electron chi connectivity index (χ0n) is 14.6. The summed E-state index contributed by atoms with van der Waals surface area (Å²) in [7, 11) is 0. The number of carbonyl (C=O) groups excluding carboxylic acids is 1. The molecule has 4 rings (SSSR count). The fourth-order valence-corrected chi connectivity index (χ4v) is 5.05. The molecule has 2 N–H and O–H groups in total. The highest BCUT2D eigenvalue weighted by Crippen LogP contribution is 2.41. The summed E-state index contributed by atoms with van der Waals surface area (Å²) in [6.07, 6.45) is 4.77. The number of nitrogens with zero attached hydrogens (tertiary/aromatic N) is 2. The molecular weight excluding hydrogens is 369 g/mol. The van der Waals surface area contributed by atoms with Crippen molar-refractivity contribution in [2.24, 2.45) is 5.92 Å². The lowest BCUT2D eigenvalue weighted by atomic mass is 9.89. The Balaban J connectivity index is 1.33. The molecule has 2 aromatic rings. The standard InChI is InChI=1S/C19H20FN3O3S/c20-12-3-1-11(2-4-12)7-14-9-21-19(27-14)22-17(24)10-23-13-5-6-16(23)15(8-13)18(25)26/h1-4,9,13,15-16H,5-8,10H2,(H,25,26)(H,21,22,24). The van der Waals surface area contributed by atoms with Crippen molar-refractivity contribution in [3.8, 4) is 0 Å². The number of hydrogen-bond acceptors (Lipinski definition) is 5.